The van der Waals surface area contributed by atoms with Crippen LogP contribution in [0.2, 0.25) is 0 Å². The molecule has 0 aliphatic carbocycles. The van der Waals surface area contributed by atoms with Gasteiger partial charge in [0.05, 0.1) is 16.9 Å². The third-order valence-electron chi connectivity index (χ3n) is 7.22. The summed E-state index contributed by atoms with van der Waals surface area (Å²) in [5.41, 5.74) is 4.51. The number of halogens is 1. The monoisotopic (exact) mass is 470 g/mol. The summed E-state index contributed by atoms with van der Waals surface area (Å²) in [6.07, 6.45) is 3.04. The average molecular weight is 471 g/mol. The average Bonchev–Trinajstić information content (AvgIpc) is 3.24. The Morgan fingerprint density at radius 3 is 2.49 bits per heavy atom. The van der Waals surface area contributed by atoms with Gasteiger partial charge in [0.15, 0.2) is 0 Å². The van der Waals surface area contributed by atoms with E-state index < -0.39 is 0 Å². The summed E-state index contributed by atoms with van der Waals surface area (Å²) in [5.74, 6) is 0.609. The van der Waals surface area contributed by atoms with Gasteiger partial charge in [-0.25, -0.2) is 9.07 Å². The molecule has 0 atom stereocenters. The lowest BCUT2D eigenvalue weighted by molar-refractivity contribution is 0.282. The zero-order valence-corrected chi connectivity index (χ0v) is 19.6. The van der Waals surface area contributed by atoms with Crippen LogP contribution in [-0.4, -0.2) is 38.2 Å². The highest BCUT2D eigenvalue weighted by atomic mass is 19.1. The van der Waals surface area contributed by atoms with E-state index in [0.717, 1.165) is 72.8 Å². The van der Waals surface area contributed by atoms with Crippen molar-refractivity contribution in [3.8, 4) is 28.2 Å². The number of aryl methyl sites for hydroxylation is 2. The Bertz CT molecular complexity index is 1450. The molecule has 2 aliphatic heterocycles. The Kier molecular flexibility index (Phi) is 5.25. The molecule has 4 aromatic rings. The highest BCUT2D eigenvalue weighted by molar-refractivity contribution is 5.88. The molecule has 0 bridgehead atoms. The fourth-order valence-electron chi connectivity index (χ4n) is 5.24. The van der Waals surface area contributed by atoms with Crippen LogP contribution in [0.15, 0.2) is 65.5 Å². The van der Waals surface area contributed by atoms with Gasteiger partial charge in [0.1, 0.15) is 17.3 Å². The SMILES string of the molecule is Cc1ccccc1-n1nc(-c2c(-c3ccc(F)cc3)nn3c2NC2(CCNCC2)CC3)ccc1=O. The number of rotatable bonds is 3. The van der Waals surface area contributed by atoms with Crippen molar-refractivity contribution in [2.75, 3.05) is 18.4 Å². The van der Waals surface area contributed by atoms with E-state index in [1.54, 1.807) is 24.3 Å². The second-order valence-electron chi connectivity index (χ2n) is 9.46. The van der Waals surface area contributed by atoms with Crippen LogP contribution in [0.1, 0.15) is 24.8 Å². The predicted octanol–water partition coefficient (Wildman–Crippen LogP) is 4.15. The van der Waals surface area contributed by atoms with E-state index in [2.05, 4.69) is 10.6 Å². The van der Waals surface area contributed by atoms with Gasteiger partial charge >= 0.3 is 0 Å². The van der Waals surface area contributed by atoms with Crippen LogP contribution in [0.3, 0.4) is 0 Å². The first-order chi connectivity index (χ1) is 17.0. The number of piperidine rings is 1. The maximum Gasteiger partial charge on any atom is 0.271 e. The molecule has 2 aliphatic rings. The smallest absolute Gasteiger partial charge is 0.271 e. The van der Waals surface area contributed by atoms with Crippen LogP contribution in [0, 0.1) is 12.7 Å². The van der Waals surface area contributed by atoms with Crippen LogP contribution in [0.25, 0.3) is 28.2 Å². The molecular formula is C27H27FN6O. The number of nitrogens with one attached hydrogen (secondary N) is 2. The van der Waals surface area contributed by atoms with E-state index in [1.807, 2.05) is 35.9 Å². The lowest BCUT2D eigenvalue weighted by atomic mass is 9.83. The van der Waals surface area contributed by atoms with Gasteiger partial charge in [0, 0.05) is 23.7 Å². The number of hydrogen-bond donors (Lipinski definition) is 2. The lowest BCUT2D eigenvalue weighted by Crippen LogP contribution is -2.50. The molecule has 1 spiro atoms. The minimum Gasteiger partial charge on any atom is -0.364 e. The van der Waals surface area contributed by atoms with Crippen LogP contribution >= 0.6 is 0 Å². The summed E-state index contributed by atoms with van der Waals surface area (Å²) in [6, 6.07) is 17.4. The van der Waals surface area contributed by atoms with Gasteiger partial charge in [0.2, 0.25) is 0 Å². The van der Waals surface area contributed by atoms with Crippen molar-refractivity contribution in [2.24, 2.45) is 0 Å². The molecule has 0 amide bonds. The number of hydrogen-bond acceptors (Lipinski definition) is 5. The Hall–Kier alpha value is -3.78. The summed E-state index contributed by atoms with van der Waals surface area (Å²) in [5, 5.41) is 17.0. The van der Waals surface area contributed by atoms with Crippen LogP contribution < -0.4 is 16.2 Å². The van der Waals surface area contributed by atoms with Gasteiger partial charge in [-0.2, -0.15) is 14.9 Å². The van der Waals surface area contributed by atoms with E-state index in [-0.39, 0.29) is 16.9 Å². The molecule has 1 saturated heterocycles. The second-order valence-corrected chi connectivity index (χ2v) is 9.46. The summed E-state index contributed by atoms with van der Waals surface area (Å²) in [6.45, 7) is 4.69. The maximum atomic E-state index is 13.7. The van der Waals surface area contributed by atoms with E-state index in [4.69, 9.17) is 10.2 Å². The van der Waals surface area contributed by atoms with Gasteiger partial charge in [0.25, 0.3) is 5.56 Å². The Labute approximate surface area is 202 Å². The summed E-state index contributed by atoms with van der Waals surface area (Å²) < 4.78 is 17.2. The minimum atomic E-state index is -0.294. The lowest BCUT2D eigenvalue weighted by Gasteiger charge is -2.42. The molecule has 0 saturated carbocycles. The molecule has 6 rings (SSSR count). The zero-order chi connectivity index (χ0) is 24.0. The van der Waals surface area contributed by atoms with Crippen LogP contribution in [-0.2, 0) is 6.54 Å². The normalized spacial score (nSPS) is 16.6. The van der Waals surface area contributed by atoms with Crippen molar-refractivity contribution in [1.29, 1.82) is 0 Å². The van der Waals surface area contributed by atoms with Crippen molar-refractivity contribution < 1.29 is 4.39 Å². The van der Waals surface area contributed by atoms with Crippen LogP contribution in [0.4, 0.5) is 10.2 Å². The molecule has 2 aromatic carbocycles. The summed E-state index contributed by atoms with van der Waals surface area (Å²) in [4.78, 5) is 12.8. The van der Waals surface area contributed by atoms with Gasteiger partial charge in [-0.15, -0.1) is 0 Å². The molecule has 2 N–H and O–H groups in total. The van der Waals surface area contributed by atoms with E-state index in [0.29, 0.717) is 5.69 Å². The Morgan fingerprint density at radius 2 is 1.71 bits per heavy atom. The Balaban J connectivity index is 1.55. The maximum absolute atomic E-state index is 13.7. The zero-order valence-electron chi connectivity index (χ0n) is 19.6. The quantitative estimate of drug-likeness (QED) is 0.471. The summed E-state index contributed by atoms with van der Waals surface area (Å²) >= 11 is 0. The highest BCUT2D eigenvalue weighted by Gasteiger charge is 2.38. The molecule has 2 aromatic heterocycles. The third-order valence-corrected chi connectivity index (χ3v) is 7.22. The van der Waals surface area contributed by atoms with Gasteiger partial charge in [-0.05, 0) is 81.2 Å². The van der Waals surface area contributed by atoms with Crippen molar-refractivity contribution in [1.82, 2.24) is 24.9 Å². The number of nitrogens with zero attached hydrogens (tertiary/aromatic N) is 4. The number of anilines is 1. The first-order valence-corrected chi connectivity index (χ1v) is 12.1. The van der Waals surface area contributed by atoms with Crippen molar-refractivity contribution >= 4 is 5.82 Å². The summed E-state index contributed by atoms with van der Waals surface area (Å²) in [7, 11) is 0. The molecule has 7 nitrogen and oxygen atoms in total. The molecule has 8 heteroatoms. The third kappa shape index (κ3) is 3.83. The van der Waals surface area contributed by atoms with Crippen molar-refractivity contribution in [2.45, 2.75) is 38.3 Å². The van der Waals surface area contributed by atoms with Crippen molar-refractivity contribution in [3.63, 3.8) is 0 Å². The number of fused-ring (bicyclic) bond motifs is 1. The molecular weight excluding hydrogens is 443 g/mol. The fourth-order valence-corrected chi connectivity index (χ4v) is 5.24. The largest absolute Gasteiger partial charge is 0.364 e. The van der Waals surface area contributed by atoms with E-state index in [1.165, 1.54) is 16.8 Å². The Morgan fingerprint density at radius 1 is 0.943 bits per heavy atom. The molecule has 0 radical (unpaired) electrons. The fraction of sp³-hybridized carbons (Fsp3) is 0.296. The number of benzene rings is 2. The molecule has 4 heterocycles. The van der Waals surface area contributed by atoms with Gasteiger partial charge in [-0.1, -0.05) is 18.2 Å². The first kappa shape index (κ1) is 21.7. The highest BCUT2D eigenvalue weighted by Crippen LogP contribution is 2.42. The minimum absolute atomic E-state index is 0.000561. The second kappa shape index (κ2) is 8.46. The molecule has 0 unspecified atom stereocenters. The van der Waals surface area contributed by atoms with Gasteiger partial charge in [-0.3, -0.25) is 4.79 Å². The molecule has 178 valence electrons. The predicted molar refractivity (Wildman–Crippen MR) is 134 cm³/mol. The van der Waals surface area contributed by atoms with E-state index in [9.17, 15) is 9.18 Å². The van der Waals surface area contributed by atoms with Gasteiger partial charge < -0.3 is 10.6 Å². The van der Waals surface area contributed by atoms with Crippen LogP contribution in [0.5, 0.6) is 0 Å². The standard InChI is InChI=1S/C27H27FN6O/c1-18-4-2-3-5-22(18)34-23(35)11-10-21(31-34)24-25(19-6-8-20(28)9-7-19)32-33-17-14-27(30-26(24)33)12-15-29-16-13-27/h2-11,29-30H,12-17H2,1H3. The molecule has 1 fully saturated rings. The number of aromatic nitrogens is 4. The number of para-hydroxylation sites is 1. The first-order valence-electron chi connectivity index (χ1n) is 12.1. The topological polar surface area (TPSA) is 76.8 Å². The van der Waals surface area contributed by atoms with Crippen molar-refractivity contribution in [3.05, 3.63) is 82.4 Å². The molecule has 35 heavy (non-hydrogen) atoms. The van der Waals surface area contributed by atoms with E-state index >= 15 is 0 Å².